The maximum absolute atomic E-state index is 9.00. The Kier molecular flexibility index (Phi) is 7.67. The van der Waals surface area contributed by atoms with Gasteiger partial charge in [0.25, 0.3) is 5.97 Å². The number of hydrogen-bond acceptors (Lipinski definition) is 3. The van der Waals surface area contributed by atoms with E-state index in [4.69, 9.17) is 19.4 Å². The Balaban J connectivity index is 0.000000487. The fourth-order valence-electron chi connectivity index (χ4n) is 1.000. The zero-order valence-electron chi connectivity index (χ0n) is 9.90. The summed E-state index contributed by atoms with van der Waals surface area (Å²) in [5.41, 5.74) is 0. The molecule has 0 aliphatic heterocycles. The summed E-state index contributed by atoms with van der Waals surface area (Å²) in [5, 5.41) is 7.42. The minimum absolute atomic E-state index is 0.671. The van der Waals surface area contributed by atoms with Crippen molar-refractivity contribution >= 4 is 5.97 Å². The zero-order chi connectivity index (χ0) is 12.4. The predicted molar refractivity (Wildman–Crippen MR) is 62.1 cm³/mol. The van der Waals surface area contributed by atoms with Crippen LogP contribution in [-0.2, 0) is 4.79 Å². The second kappa shape index (κ2) is 8.59. The van der Waals surface area contributed by atoms with E-state index in [1.807, 2.05) is 38.1 Å². The van der Waals surface area contributed by atoms with Crippen LogP contribution in [-0.4, -0.2) is 24.3 Å². The van der Waals surface area contributed by atoms with E-state index in [0.29, 0.717) is 13.2 Å². The lowest BCUT2D eigenvalue weighted by molar-refractivity contribution is -0.134. The molecule has 0 heterocycles. The fraction of sp³-hybridized carbons (Fsp3) is 0.417. The van der Waals surface area contributed by atoms with Crippen LogP contribution in [0, 0.1) is 0 Å². The van der Waals surface area contributed by atoms with Gasteiger partial charge in [-0.2, -0.15) is 0 Å². The molecule has 0 aromatic heterocycles. The van der Waals surface area contributed by atoms with Crippen LogP contribution in [0.2, 0.25) is 0 Å². The molecule has 0 saturated carbocycles. The van der Waals surface area contributed by atoms with Gasteiger partial charge in [-0.15, -0.1) is 0 Å². The summed E-state index contributed by atoms with van der Waals surface area (Å²) in [7, 11) is 0. The van der Waals surface area contributed by atoms with Crippen LogP contribution in [0.3, 0.4) is 0 Å². The molecule has 0 bridgehead atoms. The molecule has 1 aromatic carbocycles. The molecule has 0 aliphatic rings. The molecule has 0 amide bonds. The van der Waals surface area contributed by atoms with E-state index in [1.165, 1.54) is 0 Å². The molecule has 4 nitrogen and oxygen atoms in total. The van der Waals surface area contributed by atoms with Crippen molar-refractivity contribution in [1.82, 2.24) is 0 Å². The molecular formula is C12H18O4. The first kappa shape index (κ1) is 14.3. The number of para-hydroxylation sites is 2. The minimum atomic E-state index is -0.833. The van der Waals surface area contributed by atoms with E-state index in [2.05, 4.69) is 0 Å². The van der Waals surface area contributed by atoms with Gasteiger partial charge in [0.05, 0.1) is 13.2 Å². The summed E-state index contributed by atoms with van der Waals surface area (Å²) in [6, 6.07) is 7.70. The average Bonchev–Trinajstić information content (AvgIpc) is 2.21. The summed E-state index contributed by atoms with van der Waals surface area (Å²) in [5.74, 6) is 0.809. The molecule has 0 fully saturated rings. The molecule has 4 heteroatoms. The maximum Gasteiger partial charge on any atom is 0.300 e. The van der Waals surface area contributed by atoms with Crippen molar-refractivity contribution in [2.24, 2.45) is 0 Å². The minimum Gasteiger partial charge on any atom is -0.490 e. The van der Waals surface area contributed by atoms with Gasteiger partial charge >= 0.3 is 0 Å². The van der Waals surface area contributed by atoms with E-state index >= 15 is 0 Å². The van der Waals surface area contributed by atoms with Gasteiger partial charge in [0.15, 0.2) is 11.5 Å². The predicted octanol–water partition coefficient (Wildman–Crippen LogP) is 2.57. The first-order valence-electron chi connectivity index (χ1n) is 5.15. The molecule has 0 aliphatic carbocycles. The number of aliphatic carboxylic acids is 1. The fourth-order valence-corrected chi connectivity index (χ4v) is 1.000. The third-order valence-corrected chi connectivity index (χ3v) is 1.45. The molecule has 90 valence electrons. The standard InChI is InChI=1S/C10H14O2.C2H4O2/c1-3-11-9-7-5-6-8-10(9)12-4-2;1-2(3)4/h5-8H,3-4H2,1-2H3;1H3,(H,3,4). The second-order valence-corrected chi connectivity index (χ2v) is 2.83. The molecule has 0 saturated heterocycles. The average molecular weight is 226 g/mol. The number of ether oxygens (including phenoxy) is 2. The van der Waals surface area contributed by atoms with Crippen LogP contribution in [0.1, 0.15) is 20.8 Å². The van der Waals surface area contributed by atoms with E-state index in [0.717, 1.165) is 18.4 Å². The summed E-state index contributed by atoms with van der Waals surface area (Å²) >= 11 is 0. The largest absolute Gasteiger partial charge is 0.490 e. The molecule has 1 aromatic rings. The SMILES string of the molecule is CC(=O)O.CCOc1ccccc1OCC. The van der Waals surface area contributed by atoms with Gasteiger partial charge in [-0.1, -0.05) is 12.1 Å². The molecular weight excluding hydrogens is 208 g/mol. The lowest BCUT2D eigenvalue weighted by Crippen LogP contribution is -1.97. The highest BCUT2D eigenvalue weighted by molar-refractivity contribution is 5.62. The van der Waals surface area contributed by atoms with Gasteiger partial charge < -0.3 is 14.6 Å². The Morgan fingerprint density at radius 3 is 1.69 bits per heavy atom. The van der Waals surface area contributed by atoms with Crippen molar-refractivity contribution < 1.29 is 19.4 Å². The Labute approximate surface area is 95.8 Å². The van der Waals surface area contributed by atoms with E-state index in [-0.39, 0.29) is 0 Å². The summed E-state index contributed by atoms with van der Waals surface area (Å²) in [6.45, 7) is 6.35. The normalized spacial score (nSPS) is 8.69. The molecule has 16 heavy (non-hydrogen) atoms. The quantitative estimate of drug-likeness (QED) is 0.857. The van der Waals surface area contributed by atoms with Crippen molar-refractivity contribution in [2.45, 2.75) is 20.8 Å². The summed E-state index contributed by atoms with van der Waals surface area (Å²) in [6.07, 6.45) is 0. The van der Waals surface area contributed by atoms with Crippen LogP contribution in [0.15, 0.2) is 24.3 Å². The Morgan fingerprint density at radius 2 is 1.44 bits per heavy atom. The lowest BCUT2D eigenvalue weighted by atomic mass is 10.3. The first-order valence-corrected chi connectivity index (χ1v) is 5.15. The third kappa shape index (κ3) is 6.70. The highest BCUT2D eigenvalue weighted by atomic mass is 16.5. The second-order valence-electron chi connectivity index (χ2n) is 2.83. The highest BCUT2D eigenvalue weighted by Crippen LogP contribution is 2.25. The van der Waals surface area contributed by atoms with Crippen molar-refractivity contribution in [3.05, 3.63) is 24.3 Å². The number of hydrogen-bond donors (Lipinski definition) is 1. The highest BCUT2D eigenvalue weighted by Gasteiger charge is 2.00. The molecule has 0 spiro atoms. The van der Waals surface area contributed by atoms with Crippen molar-refractivity contribution in [2.75, 3.05) is 13.2 Å². The van der Waals surface area contributed by atoms with Gasteiger partial charge in [0.2, 0.25) is 0 Å². The van der Waals surface area contributed by atoms with Crippen LogP contribution < -0.4 is 9.47 Å². The van der Waals surface area contributed by atoms with Crippen molar-refractivity contribution in [3.63, 3.8) is 0 Å². The third-order valence-electron chi connectivity index (χ3n) is 1.45. The number of carboxylic acids is 1. The monoisotopic (exact) mass is 226 g/mol. The van der Waals surface area contributed by atoms with Gasteiger partial charge in [-0.25, -0.2) is 0 Å². The van der Waals surface area contributed by atoms with Crippen molar-refractivity contribution in [3.8, 4) is 11.5 Å². The first-order chi connectivity index (χ1) is 7.61. The van der Waals surface area contributed by atoms with E-state index < -0.39 is 5.97 Å². The maximum atomic E-state index is 9.00. The van der Waals surface area contributed by atoms with Crippen LogP contribution in [0.25, 0.3) is 0 Å². The summed E-state index contributed by atoms with van der Waals surface area (Å²) < 4.78 is 10.7. The molecule has 0 unspecified atom stereocenters. The van der Waals surface area contributed by atoms with Gasteiger partial charge in [0.1, 0.15) is 0 Å². The number of carbonyl (C=O) groups is 1. The molecule has 1 rings (SSSR count). The number of benzene rings is 1. The van der Waals surface area contributed by atoms with Crippen LogP contribution in [0.5, 0.6) is 11.5 Å². The van der Waals surface area contributed by atoms with Crippen LogP contribution >= 0.6 is 0 Å². The topological polar surface area (TPSA) is 55.8 Å². The Morgan fingerprint density at radius 1 is 1.12 bits per heavy atom. The Bertz CT molecular complexity index is 281. The number of rotatable bonds is 4. The van der Waals surface area contributed by atoms with Gasteiger partial charge in [-0.3, -0.25) is 4.79 Å². The molecule has 1 N–H and O–H groups in total. The Hall–Kier alpha value is -1.71. The van der Waals surface area contributed by atoms with Crippen LogP contribution in [0.4, 0.5) is 0 Å². The zero-order valence-corrected chi connectivity index (χ0v) is 9.90. The van der Waals surface area contributed by atoms with Gasteiger partial charge in [-0.05, 0) is 26.0 Å². The van der Waals surface area contributed by atoms with Gasteiger partial charge in [0, 0.05) is 6.92 Å². The molecule has 0 atom stereocenters. The summed E-state index contributed by atoms with van der Waals surface area (Å²) in [4.78, 5) is 9.00. The lowest BCUT2D eigenvalue weighted by Gasteiger charge is -2.09. The van der Waals surface area contributed by atoms with Crippen molar-refractivity contribution in [1.29, 1.82) is 0 Å². The smallest absolute Gasteiger partial charge is 0.300 e. The van der Waals surface area contributed by atoms with E-state index in [1.54, 1.807) is 0 Å². The molecule has 0 radical (unpaired) electrons. The van der Waals surface area contributed by atoms with E-state index in [9.17, 15) is 0 Å². The number of carboxylic acid groups (broad SMARTS) is 1.